The maximum Gasteiger partial charge on any atom is 0.317 e. The van der Waals surface area contributed by atoms with Gasteiger partial charge in [-0.1, -0.05) is 101 Å². The molecule has 0 unspecified atom stereocenters. The number of carbonyl (C=O) groups is 12. The number of carbonyl (C=O) groups excluding carboxylic acids is 10. The zero-order chi connectivity index (χ0) is 64.2. The average molecular weight is 1260 g/mol. The SMILES string of the molecule is CC(C)C[C@H](NC(=O)[C@@H](NC(=O)CNC(=O)c1ccccc1)C(C)C)C(=O)N[C@@H](CCCCNC(=O)C[C@@H](SCc1ccc(Cl)c(Cl)c1)C(=O)O)C(=O)N[C@@H](CCC(=O)O)C(=O)N[C@@H](Cc1ccc(O)cc1)C(=O)NCC(=O)N[C@H](C(N)=O)C(C)C. The Bertz CT molecular complexity index is 2850. The van der Waals surface area contributed by atoms with Crippen molar-refractivity contribution in [3.05, 3.63) is 99.5 Å². The van der Waals surface area contributed by atoms with Crippen molar-refractivity contribution < 1.29 is 72.9 Å². The van der Waals surface area contributed by atoms with Gasteiger partial charge in [-0.15, -0.1) is 11.8 Å². The average Bonchev–Trinajstić information content (AvgIpc) is 3.35. The fourth-order valence-electron chi connectivity index (χ4n) is 8.34. The summed E-state index contributed by atoms with van der Waals surface area (Å²) < 4.78 is 0. The lowest BCUT2D eigenvalue weighted by atomic mass is 9.99. The second-order valence-electron chi connectivity index (χ2n) is 21.4. The first-order chi connectivity index (χ1) is 40.5. The topological polar surface area (TPSA) is 400 Å². The minimum atomic E-state index is -1.70. The molecule has 0 aliphatic rings. The lowest BCUT2D eigenvalue weighted by Gasteiger charge is -2.28. The number of halogens is 2. The number of phenols is 1. The number of carboxylic acids is 2. The van der Waals surface area contributed by atoms with Gasteiger partial charge in [-0.05, 0) is 97.4 Å². The van der Waals surface area contributed by atoms with Gasteiger partial charge >= 0.3 is 11.9 Å². The van der Waals surface area contributed by atoms with Crippen molar-refractivity contribution in [3.8, 4) is 5.75 Å². The molecule has 0 spiro atoms. The van der Waals surface area contributed by atoms with Gasteiger partial charge < -0.3 is 68.9 Å². The Balaban J connectivity index is 1.91. The first kappa shape index (κ1) is 72.3. The van der Waals surface area contributed by atoms with Gasteiger partial charge in [0.15, 0.2) is 0 Å². The van der Waals surface area contributed by atoms with Gasteiger partial charge in [0.05, 0.1) is 23.1 Å². The number of phenolic OH excluding ortho intramolecular Hbond substituents is 1. The van der Waals surface area contributed by atoms with E-state index in [9.17, 15) is 72.9 Å². The molecule has 28 heteroatoms. The number of aromatic hydroxyl groups is 1. The molecule has 3 aromatic carbocycles. The van der Waals surface area contributed by atoms with Crippen LogP contribution in [0.5, 0.6) is 5.75 Å². The van der Waals surface area contributed by atoms with Crippen molar-refractivity contribution in [1.29, 1.82) is 0 Å². The Morgan fingerprint density at radius 1 is 0.558 bits per heavy atom. The van der Waals surface area contributed by atoms with Gasteiger partial charge in [0.25, 0.3) is 5.91 Å². The van der Waals surface area contributed by atoms with Crippen LogP contribution in [0.3, 0.4) is 0 Å². The van der Waals surface area contributed by atoms with Crippen LogP contribution in [-0.2, 0) is 64.9 Å². The monoisotopic (exact) mass is 1260 g/mol. The molecule has 25 nitrogen and oxygen atoms in total. The van der Waals surface area contributed by atoms with Gasteiger partial charge in [-0.3, -0.25) is 57.5 Å². The molecule has 3 aromatic rings. The van der Waals surface area contributed by atoms with Gasteiger partial charge in [0.1, 0.15) is 47.3 Å². The number of nitrogens with one attached hydrogen (secondary N) is 9. The first-order valence-corrected chi connectivity index (χ1v) is 29.6. The minimum Gasteiger partial charge on any atom is -0.508 e. The predicted molar refractivity (Wildman–Crippen MR) is 321 cm³/mol. The Hall–Kier alpha value is -7.97. The summed E-state index contributed by atoms with van der Waals surface area (Å²) in [5.74, 6) is -11.8. The van der Waals surface area contributed by atoms with Crippen LogP contribution in [0.15, 0.2) is 72.8 Å². The molecule has 0 saturated heterocycles. The Morgan fingerprint density at radius 3 is 1.66 bits per heavy atom. The van der Waals surface area contributed by atoms with E-state index < -0.39 is 157 Å². The van der Waals surface area contributed by atoms with E-state index in [1.165, 1.54) is 24.3 Å². The number of unbranched alkanes of at least 4 members (excludes halogenated alkanes) is 1. The zero-order valence-corrected chi connectivity index (χ0v) is 51.0. The molecule has 0 saturated carbocycles. The van der Waals surface area contributed by atoms with E-state index in [0.29, 0.717) is 21.7 Å². The summed E-state index contributed by atoms with van der Waals surface area (Å²) in [4.78, 5) is 159. The standard InChI is InChI=1S/C58H78Cl2N10O15S/c1-31(2)24-42(68-57(83)50(33(5)6)70-47(74)28-63-52(78)36-12-8-7-9-13-36)56(82)65-40(14-10-11-23-62-45(72)27-44(58(84)85)86-30-35-17-20-38(59)39(60)25-35)54(80)66-41(21-22-48(75)76)55(81)67-43(26-34-15-18-37(71)19-16-34)53(79)64-29-46(73)69-49(32(3)4)51(61)77/h7-9,12-13,15-20,25,31-33,40-44,49-50,71H,10-11,14,21-24,26-30H2,1-6H3,(H2,61,77)(H,62,72)(H,63,78)(H,64,79)(H,65,82)(H,66,80)(H,67,81)(H,68,83)(H,69,73)(H,70,74)(H,75,76)(H,84,85)/t40-,41-,42-,43-,44+,49-,50-/m0/s1. The number of nitrogens with two attached hydrogens (primary N) is 1. The summed E-state index contributed by atoms with van der Waals surface area (Å²) in [5, 5.41) is 51.9. The smallest absolute Gasteiger partial charge is 0.317 e. The summed E-state index contributed by atoms with van der Waals surface area (Å²) in [6, 6.07) is 10.1. The molecule has 7 atom stereocenters. The molecule has 470 valence electrons. The number of aliphatic carboxylic acids is 2. The molecular formula is C58H78Cl2N10O15S. The number of carboxylic acid groups (broad SMARTS) is 2. The van der Waals surface area contributed by atoms with E-state index in [1.807, 2.05) is 0 Å². The molecule has 14 N–H and O–H groups in total. The third-order valence-electron chi connectivity index (χ3n) is 13.0. The van der Waals surface area contributed by atoms with E-state index in [1.54, 1.807) is 90.1 Å². The maximum atomic E-state index is 14.5. The molecular weight excluding hydrogens is 1180 g/mol. The molecule has 0 bridgehead atoms. The molecule has 0 heterocycles. The van der Waals surface area contributed by atoms with Gasteiger partial charge in [0.2, 0.25) is 53.2 Å². The highest BCUT2D eigenvalue weighted by molar-refractivity contribution is 7.99. The Labute approximate surface area is 512 Å². The molecule has 0 radical (unpaired) electrons. The number of primary amides is 1. The minimum absolute atomic E-state index is 0.00610. The summed E-state index contributed by atoms with van der Waals surface area (Å²) in [6.07, 6.45) is -1.84. The highest BCUT2D eigenvalue weighted by Gasteiger charge is 2.34. The van der Waals surface area contributed by atoms with Crippen LogP contribution < -0.4 is 53.6 Å². The Kier molecular flexibility index (Phi) is 30.9. The molecule has 0 aliphatic heterocycles. The number of benzene rings is 3. The highest BCUT2D eigenvalue weighted by Crippen LogP contribution is 2.27. The predicted octanol–water partition coefficient (Wildman–Crippen LogP) is 2.47. The van der Waals surface area contributed by atoms with Crippen molar-refractivity contribution in [2.24, 2.45) is 23.5 Å². The quantitative estimate of drug-likeness (QED) is 0.0369. The highest BCUT2D eigenvalue weighted by atomic mass is 35.5. The van der Waals surface area contributed by atoms with E-state index in [-0.39, 0.29) is 61.1 Å². The van der Waals surface area contributed by atoms with E-state index in [2.05, 4.69) is 47.9 Å². The molecule has 86 heavy (non-hydrogen) atoms. The summed E-state index contributed by atoms with van der Waals surface area (Å²) in [6.45, 7) is 8.90. The van der Waals surface area contributed by atoms with Crippen LogP contribution in [0.1, 0.15) is 108 Å². The van der Waals surface area contributed by atoms with E-state index in [0.717, 1.165) is 11.8 Å². The van der Waals surface area contributed by atoms with Gasteiger partial charge in [0, 0.05) is 37.1 Å². The molecule has 10 amide bonds. The summed E-state index contributed by atoms with van der Waals surface area (Å²) in [5.41, 5.74) is 6.81. The number of rotatable bonds is 37. The third-order valence-corrected chi connectivity index (χ3v) is 15.0. The molecule has 0 fully saturated rings. The largest absolute Gasteiger partial charge is 0.508 e. The lowest BCUT2D eigenvalue weighted by molar-refractivity contribution is -0.139. The van der Waals surface area contributed by atoms with Crippen molar-refractivity contribution in [2.75, 3.05) is 19.6 Å². The molecule has 0 aromatic heterocycles. The van der Waals surface area contributed by atoms with Gasteiger partial charge in [-0.2, -0.15) is 0 Å². The van der Waals surface area contributed by atoms with Crippen molar-refractivity contribution in [3.63, 3.8) is 0 Å². The van der Waals surface area contributed by atoms with Crippen LogP contribution in [0.4, 0.5) is 0 Å². The summed E-state index contributed by atoms with van der Waals surface area (Å²) >= 11 is 13.1. The Morgan fingerprint density at radius 2 is 1.10 bits per heavy atom. The fourth-order valence-corrected chi connectivity index (χ4v) is 9.65. The summed E-state index contributed by atoms with van der Waals surface area (Å²) in [7, 11) is 0. The number of hydrogen-bond donors (Lipinski definition) is 13. The van der Waals surface area contributed by atoms with E-state index >= 15 is 0 Å². The van der Waals surface area contributed by atoms with Crippen molar-refractivity contribution in [2.45, 2.75) is 140 Å². The number of thioether (sulfide) groups is 1. The maximum absolute atomic E-state index is 14.5. The molecule has 0 aliphatic carbocycles. The normalized spacial score (nSPS) is 13.5. The van der Waals surface area contributed by atoms with Crippen molar-refractivity contribution in [1.82, 2.24) is 47.9 Å². The number of hydrogen-bond acceptors (Lipinski definition) is 14. The van der Waals surface area contributed by atoms with Crippen LogP contribution in [0.2, 0.25) is 10.0 Å². The van der Waals surface area contributed by atoms with Gasteiger partial charge in [-0.25, -0.2) is 0 Å². The number of amides is 10. The van der Waals surface area contributed by atoms with Crippen LogP contribution in [-0.4, -0.2) is 147 Å². The lowest BCUT2D eigenvalue weighted by Crippen LogP contribution is -2.60. The molecule has 3 rings (SSSR count). The zero-order valence-electron chi connectivity index (χ0n) is 48.7. The van der Waals surface area contributed by atoms with Crippen LogP contribution in [0, 0.1) is 17.8 Å². The first-order valence-electron chi connectivity index (χ1n) is 27.8. The second-order valence-corrected chi connectivity index (χ2v) is 23.4. The van der Waals surface area contributed by atoms with E-state index in [4.69, 9.17) is 28.9 Å². The fraction of sp³-hybridized carbons (Fsp3) is 0.483. The second kappa shape index (κ2) is 36.8. The third kappa shape index (κ3) is 26.5. The van der Waals surface area contributed by atoms with Crippen molar-refractivity contribution >= 4 is 106 Å². The van der Waals surface area contributed by atoms with Crippen LogP contribution >= 0.6 is 35.0 Å². The van der Waals surface area contributed by atoms with Crippen LogP contribution in [0.25, 0.3) is 0 Å².